The minimum absolute atomic E-state index is 0.0700. The minimum atomic E-state index is -4.35. The summed E-state index contributed by atoms with van der Waals surface area (Å²) in [4.78, 5) is 17.3. The van der Waals surface area contributed by atoms with Crippen LogP contribution in [0.5, 0.6) is 5.75 Å². The number of anilines is 1. The molecule has 2 aromatic carbocycles. The Morgan fingerprint density at radius 3 is 2.38 bits per heavy atom. The van der Waals surface area contributed by atoms with Crippen molar-refractivity contribution in [3.63, 3.8) is 0 Å². The van der Waals surface area contributed by atoms with Gasteiger partial charge in [-0.1, -0.05) is 12.1 Å². The fourth-order valence-electron chi connectivity index (χ4n) is 4.79. The molecule has 0 atom stereocenters. The maximum Gasteiger partial charge on any atom is 0.416 e. The van der Waals surface area contributed by atoms with Gasteiger partial charge in [-0.3, -0.25) is 4.79 Å². The molecule has 2 heterocycles. The number of aromatic nitrogens is 1. The molecule has 1 amide bonds. The second kappa shape index (κ2) is 9.59. The van der Waals surface area contributed by atoms with Crippen molar-refractivity contribution in [3.05, 3.63) is 59.8 Å². The third-order valence-corrected chi connectivity index (χ3v) is 7.06. The van der Waals surface area contributed by atoms with Crippen LogP contribution in [0.15, 0.2) is 48.7 Å². The number of H-pyrrole nitrogens is 1. The minimum Gasteiger partial charge on any atom is -0.490 e. The van der Waals surface area contributed by atoms with Crippen LogP contribution in [-0.2, 0) is 11.0 Å². The zero-order valence-electron chi connectivity index (χ0n) is 19.6. The van der Waals surface area contributed by atoms with E-state index in [0.717, 1.165) is 28.6 Å². The van der Waals surface area contributed by atoms with Crippen molar-refractivity contribution in [2.75, 3.05) is 25.0 Å². The molecule has 1 aliphatic heterocycles. The van der Waals surface area contributed by atoms with Crippen LogP contribution in [0, 0.1) is 5.92 Å². The normalized spacial score (nSPS) is 20.9. The Bertz CT molecular complexity index is 1260. The first kappa shape index (κ1) is 25.4. The molecule has 0 radical (unpaired) electrons. The van der Waals surface area contributed by atoms with E-state index >= 15 is 0 Å². The van der Waals surface area contributed by atoms with E-state index in [1.54, 1.807) is 17.2 Å². The predicted octanol–water partition coefficient (Wildman–Crippen LogP) is 6.33. The Hall–Kier alpha value is -3.21. The number of ether oxygens (including phenoxy) is 1. The van der Waals surface area contributed by atoms with Gasteiger partial charge in [-0.15, -0.1) is 0 Å². The zero-order valence-corrected chi connectivity index (χ0v) is 19.6. The summed E-state index contributed by atoms with van der Waals surface area (Å²) in [5.41, 5.74) is 1.55. The molecule has 0 spiro atoms. The lowest BCUT2D eigenvalue weighted by Crippen LogP contribution is -2.52. The lowest BCUT2D eigenvalue weighted by atomic mass is 9.77. The predicted molar refractivity (Wildman–Crippen MR) is 125 cm³/mol. The summed E-state index contributed by atoms with van der Waals surface area (Å²) in [6, 6.07) is 10.7. The van der Waals surface area contributed by atoms with Gasteiger partial charge in [-0.25, -0.2) is 0 Å². The van der Waals surface area contributed by atoms with Gasteiger partial charge in [0.15, 0.2) is 0 Å². The highest BCUT2D eigenvalue weighted by molar-refractivity contribution is 6.03. The number of carbonyl (C=O) groups is 1. The molecular formula is C26H25F6N3O2. The van der Waals surface area contributed by atoms with Crippen LogP contribution in [0.4, 0.5) is 32.0 Å². The lowest BCUT2D eigenvalue weighted by Gasteiger charge is -2.38. The molecule has 1 aromatic heterocycles. The number of rotatable bonds is 7. The number of amides is 1. The number of benzene rings is 2. The van der Waals surface area contributed by atoms with E-state index in [0.29, 0.717) is 37.4 Å². The molecule has 1 saturated heterocycles. The molecule has 37 heavy (non-hydrogen) atoms. The van der Waals surface area contributed by atoms with E-state index in [2.05, 4.69) is 10.3 Å². The molecule has 5 nitrogen and oxygen atoms in total. The first-order valence-electron chi connectivity index (χ1n) is 12.0. The maximum atomic E-state index is 12.8. The summed E-state index contributed by atoms with van der Waals surface area (Å²) >= 11 is 0. The van der Waals surface area contributed by atoms with Crippen molar-refractivity contribution >= 4 is 22.5 Å². The number of halogens is 6. The highest BCUT2D eigenvalue weighted by Gasteiger charge is 2.36. The molecule has 11 heteroatoms. The number of nitrogens with zero attached hydrogens (tertiary/aromatic N) is 1. The van der Waals surface area contributed by atoms with Crippen molar-refractivity contribution in [1.29, 1.82) is 0 Å². The van der Waals surface area contributed by atoms with Crippen molar-refractivity contribution in [3.8, 4) is 5.75 Å². The molecule has 0 bridgehead atoms. The van der Waals surface area contributed by atoms with Crippen LogP contribution in [-0.4, -0.2) is 47.7 Å². The number of nitrogens with one attached hydrogen (secondary N) is 2. The van der Waals surface area contributed by atoms with E-state index in [-0.39, 0.29) is 30.4 Å². The van der Waals surface area contributed by atoms with Crippen molar-refractivity contribution in [2.45, 2.75) is 43.6 Å². The van der Waals surface area contributed by atoms with Crippen LogP contribution in [0.3, 0.4) is 0 Å². The molecule has 2 aliphatic rings. The molecule has 5 rings (SSSR count). The van der Waals surface area contributed by atoms with Crippen LogP contribution in [0.1, 0.15) is 36.3 Å². The third kappa shape index (κ3) is 5.87. The van der Waals surface area contributed by atoms with Crippen LogP contribution in [0.2, 0.25) is 0 Å². The number of carbonyl (C=O) groups excluding carboxylic acids is 1. The topological polar surface area (TPSA) is 57.4 Å². The van der Waals surface area contributed by atoms with Gasteiger partial charge in [-0.2, -0.15) is 26.3 Å². The van der Waals surface area contributed by atoms with Gasteiger partial charge < -0.3 is 19.9 Å². The van der Waals surface area contributed by atoms with E-state index in [1.807, 2.05) is 12.1 Å². The van der Waals surface area contributed by atoms with Crippen molar-refractivity contribution in [2.24, 2.45) is 5.92 Å². The zero-order chi connectivity index (χ0) is 26.4. The second-order valence-corrected chi connectivity index (χ2v) is 9.75. The summed E-state index contributed by atoms with van der Waals surface area (Å²) in [7, 11) is 0. The van der Waals surface area contributed by atoms with Crippen LogP contribution in [0.25, 0.3) is 10.9 Å². The van der Waals surface area contributed by atoms with Crippen molar-refractivity contribution < 1.29 is 35.9 Å². The van der Waals surface area contributed by atoms with Crippen LogP contribution >= 0.6 is 0 Å². The second-order valence-electron chi connectivity index (χ2n) is 9.75. The van der Waals surface area contributed by atoms with Gasteiger partial charge >= 0.3 is 12.4 Å². The Morgan fingerprint density at radius 2 is 1.73 bits per heavy atom. The number of hydrogen-bond acceptors (Lipinski definition) is 3. The van der Waals surface area contributed by atoms with Gasteiger partial charge in [0, 0.05) is 36.7 Å². The van der Waals surface area contributed by atoms with Crippen LogP contribution < -0.4 is 10.1 Å². The summed E-state index contributed by atoms with van der Waals surface area (Å²) in [6.45, 7) is 0.475. The fraction of sp³-hybridized carbons (Fsp3) is 0.423. The molecule has 1 aliphatic carbocycles. The number of likely N-dealkylation sites (tertiary alicyclic amines) is 1. The largest absolute Gasteiger partial charge is 0.490 e. The van der Waals surface area contributed by atoms with Gasteiger partial charge in [0.05, 0.1) is 29.7 Å². The summed E-state index contributed by atoms with van der Waals surface area (Å²) < 4.78 is 81.4. The summed E-state index contributed by atoms with van der Waals surface area (Å²) in [5, 5.41) is 3.61. The molecule has 2 N–H and O–H groups in total. The third-order valence-electron chi connectivity index (χ3n) is 7.06. The lowest BCUT2D eigenvalue weighted by molar-refractivity contribution is -0.143. The number of aromatic amines is 1. The average Bonchev–Trinajstić information content (AvgIpc) is 3.15. The average molecular weight is 525 g/mol. The van der Waals surface area contributed by atoms with Crippen molar-refractivity contribution in [1.82, 2.24) is 9.88 Å². The Morgan fingerprint density at radius 1 is 1.03 bits per heavy atom. The maximum absolute atomic E-state index is 12.8. The van der Waals surface area contributed by atoms with Gasteiger partial charge in [0.2, 0.25) is 5.91 Å². The van der Waals surface area contributed by atoms with Gasteiger partial charge in [0.25, 0.3) is 0 Å². The standard InChI is InChI=1S/C26H25F6N3O2/c27-25(28,29)7-8-35-13-17(14-35)24(36)34-23-12-33-22-6-5-19(11-21(22)23)37-20-9-16(10-20)15-1-3-18(4-2-15)26(30,31)32/h1-6,11-12,16-17,20,33H,7-10,13-14H2,(H,34,36)/t16-,20-. The summed E-state index contributed by atoms with van der Waals surface area (Å²) in [5.74, 6) is 0.139. The van der Waals surface area contributed by atoms with E-state index in [9.17, 15) is 31.1 Å². The molecule has 3 aromatic rings. The monoisotopic (exact) mass is 525 g/mol. The Balaban J connectivity index is 1.14. The highest BCUT2D eigenvalue weighted by Crippen LogP contribution is 2.41. The number of hydrogen-bond donors (Lipinski definition) is 2. The molecule has 198 valence electrons. The molecular weight excluding hydrogens is 500 g/mol. The molecule has 0 unspecified atom stereocenters. The quantitative estimate of drug-likeness (QED) is 0.354. The number of fused-ring (bicyclic) bond motifs is 1. The van der Waals surface area contributed by atoms with Gasteiger partial charge in [-0.05, 0) is 54.7 Å². The highest BCUT2D eigenvalue weighted by atomic mass is 19.4. The summed E-state index contributed by atoms with van der Waals surface area (Å²) in [6.07, 6.45) is -6.48. The molecule has 2 fully saturated rings. The Kier molecular flexibility index (Phi) is 6.59. The van der Waals surface area contributed by atoms with Gasteiger partial charge in [0.1, 0.15) is 5.75 Å². The molecule has 1 saturated carbocycles. The number of alkyl halides is 6. The Labute approximate surface area is 208 Å². The fourth-order valence-corrected chi connectivity index (χ4v) is 4.79. The first-order valence-corrected chi connectivity index (χ1v) is 12.0. The smallest absolute Gasteiger partial charge is 0.416 e. The first-order chi connectivity index (χ1) is 17.4. The van der Waals surface area contributed by atoms with E-state index in [4.69, 9.17) is 4.74 Å². The SMILES string of the molecule is O=C(Nc1c[nH]c2ccc(O[C@H]3C[C@H](c4ccc(C(F)(F)F)cc4)C3)cc12)C1CN(CCC(F)(F)F)C1. The van der Waals surface area contributed by atoms with E-state index < -0.39 is 24.3 Å². The van der Waals surface area contributed by atoms with E-state index in [1.165, 1.54) is 12.1 Å².